The molecule has 6 heteroatoms. The number of aromatic hydroxyl groups is 1. The summed E-state index contributed by atoms with van der Waals surface area (Å²) in [5.41, 5.74) is 4.04. The number of benzene rings is 2. The molecule has 0 saturated heterocycles. The fraction of sp³-hybridized carbons (Fsp3) is 0.188. The van der Waals surface area contributed by atoms with Gasteiger partial charge in [-0.25, -0.2) is 0 Å². The average Bonchev–Trinajstić information content (AvgIpc) is 2.90. The van der Waals surface area contributed by atoms with E-state index in [1.807, 2.05) is 38.1 Å². The topological polar surface area (TPSA) is 80.0 Å². The third-order valence-corrected chi connectivity index (χ3v) is 3.60. The van der Waals surface area contributed by atoms with Crippen molar-refractivity contribution >= 4 is 22.6 Å². The van der Waals surface area contributed by atoms with Gasteiger partial charge in [-0.15, -0.1) is 15.0 Å². The van der Waals surface area contributed by atoms with Crippen LogP contribution in [0.4, 0.5) is 5.69 Å². The van der Waals surface area contributed by atoms with Gasteiger partial charge in [0.05, 0.1) is 5.69 Å². The summed E-state index contributed by atoms with van der Waals surface area (Å²) in [5, 5.41) is 21.9. The monoisotopic (exact) mass is 296 g/mol. The lowest BCUT2D eigenvalue weighted by molar-refractivity contribution is -0.114. The third-order valence-electron chi connectivity index (χ3n) is 3.60. The molecule has 6 nitrogen and oxygen atoms in total. The highest BCUT2D eigenvalue weighted by Crippen LogP contribution is 2.35. The van der Waals surface area contributed by atoms with E-state index in [9.17, 15) is 9.90 Å². The van der Waals surface area contributed by atoms with Crippen LogP contribution >= 0.6 is 0 Å². The van der Waals surface area contributed by atoms with Gasteiger partial charge in [0.2, 0.25) is 5.91 Å². The van der Waals surface area contributed by atoms with Crippen molar-refractivity contribution in [1.82, 2.24) is 15.0 Å². The Balaban J connectivity index is 2.22. The third kappa shape index (κ3) is 2.28. The maximum absolute atomic E-state index is 11.4. The number of fused-ring (bicyclic) bond motifs is 1. The molecule has 3 aromatic rings. The summed E-state index contributed by atoms with van der Waals surface area (Å²) in [6.45, 7) is 5.16. The minimum absolute atomic E-state index is 0.0430. The second kappa shape index (κ2) is 5.14. The Morgan fingerprint density at radius 3 is 2.32 bits per heavy atom. The number of hydrogen-bond acceptors (Lipinski definition) is 4. The van der Waals surface area contributed by atoms with Gasteiger partial charge in [0.25, 0.3) is 0 Å². The van der Waals surface area contributed by atoms with E-state index in [-0.39, 0.29) is 11.7 Å². The van der Waals surface area contributed by atoms with E-state index in [0.29, 0.717) is 11.4 Å². The Kier molecular flexibility index (Phi) is 3.29. The number of nitrogens with one attached hydrogen (secondary N) is 1. The summed E-state index contributed by atoms with van der Waals surface area (Å²) in [7, 11) is 0. The molecule has 0 fully saturated rings. The summed E-state index contributed by atoms with van der Waals surface area (Å²) in [5.74, 6) is -0.285. The molecule has 0 unspecified atom stereocenters. The van der Waals surface area contributed by atoms with Crippen LogP contribution in [0.3, 0.4) is 0 Å². The van der Waals surface area contributed by atoms with Crippen LogP contribution in [0, 0.1) is 13.8 Å². The van der Waals surface area contributed by atoms with Gasteiger partial charge in [0.15, 0.2) is 5.75 Å². The SMILES string of the molecule is CC(=O)Nc1c(C)c(C)cc(-n2nc3ccccc3n2)c1O. The fourth-order valence-electron chi connectivity index (χ4n) is 2.33. The quantitative estimate of drug-likeness (QED) is 0.713. The van der Waals surface area contributed by atoms with Crippen LogP contribution in [0.5, 0.6) is 5.75 Å². The summed E-state index contributed by atoms with van der Waals surface area (Å²) < 4.78 is 0. The van der Waals surface area contributed by atoms with Gasteiger partial charge in [0.1, 0.15) is 16.7 Å². The van der Waals surface area contributed by atoms with Crippen molar-refractivity contribution in [3.05, 3.63) is 41.5 Å². The minimum Gasteiger partial charge on any atom is -0.504 e. The molecule has 2 N–H and O–H groups in total. The predicted molar refractivity (Wildman–Crippen MR) is 84.3 cm³/mol. The van der Waals surface area contributed by atoms with Crippen LogP contribution in [-0.4, -0.2) is 26.0 Å². The number of phenolic OH excluding ortho intramolecular Hbond substituents is 1. The molecule has 1 amide bonds. The summed E-state index contributed by atoms with van der Waals surface area (Å²) >= 11 is 0. The zero-order valence-corrected chi connectivity index (χ0v) is 12.6. The molecular weight excluding hydrogens is 280 g/mol. The number of nitrogens with zero attached hydrogens (tertiary/aromatic N) is 3. The lowest BCUT2D eigenvalue weighted by Gasteiger charge is -2.14. The van der Waals surface area contributed by atoms with E-state index >= 15 is 0 Å². The molecule has 0 aliphatic carbocycles. The Morgan fingerprint density at radius 1 is 1.18 bits per heavy atom. The van der Waals surface area contributed by atoms with Crippen molar-refractivity contribution in [3.63, 3.8) is 0 Å². The molecule has 0 radical (unpaired) electrons. The lowest BCUT2D eigenvalue weighted by Crippen LogP contribution is -2.10. The first-order valence-corrected chi connectivity index (χ1v) is 6.90. The van der Waals surface area contributed by atoms with Crippen LogP contribution in [-0.2, 0) is 4.79 Å². The molecule has 0 spiro atoms. The number of amides is 1. The number of aryl methyl sites for hydroxylation is 1. The number of aromatic nitrogens is 3. The number of rotatable bonds is 2. The van der Waals surface area contributed by atoms with E-state index < -0.39 is 0 Å². The van der Waals surface area contributed by atoms with Gasteiger partial charge < -0.3 is 10.4 Å². The molecule has 22 heavy (non-hydrogen) atoms. The highest BCUT2D eigenvalue weighted by Gasteiger charge is 2.17. The fourth-order valence-corrected chi connectivity index (χ4v) is 2.33. The number of carbonyl (C=O) groups is 1. The van der Waals surface area contributed by atoms with E-state index in [1.165, 1.54) is 11.7 Å². The van der Waals surface area contributed by atoms with E-state index in [4.69, 9.17) is 0 Å². The van der Waals surface area contributed by atoms with E-state index in [0.717, 1.165) is 22.2 Å². The molecular formula is C16H16N4O2. The molecule has 0 atom stereocenters. The van der Waals surface area contributed by atoms with Crippen LogP contribution < -0.4 is 5.32 Å². The van der Waals surface area contributed by atoms with E-state index in [1.54, 1.807) is 6.07 Å². The van der Waals surface area contributed by atoms with Gasteiger partial charge in [-0.05, 0) is 43.2 Å². The van der Waals surface area contributed by atoms with Crippen molar-refractivity contribution in [1.29, 1.82) is 0 Å². The average molecular weight is 296 g/mol. The standard InChI is InChI=1S/C16H16N4O2/c1-9-8-14(16(22)15(10(9)2)17-11(3)21)20-18-12-6-4-5-7-13(12)19-20/h4-8,22H,1-3H3,(H,17,21). The van der Waals surface area contributed by atoms with Crippen molar-refractivity contribution in [2.45, 2.75) is 20.8 Å². The zero-order chi connectivity index (χ0) is 15.9. The number of phenols is 1. The summed E-state index contributed by atoms with van der Waals surface area (Å²) in [6.07, 6.45) is 0. The second-order valence-corrected chi connectivity index (χ2v) is 5.22. The van der Waals surface area contributed by atoms with Gasteiger partial charge in [-0.2, -0.15) is 0 Å². The molecule has 0 aliphatic heterocycles. The second-order valence-electron chi connectivity index (χ2n) is 5.22. The van der Waals surface area contributed by atoms with Crippen LogP contribution in [0.15, 0.2) is 30.3 Å². The van der Waals surface area contributed by atoms with Crippen LogP contribution in [0.25, 0.3) is 16.7 Å². The van der Waals surface area contributed by atoms with Gasteiger partial charge in [0, 0.05) is 6.92 Å². The molecule has 1 aromatic heterocycles. The first kappa shape index (κ1) is 14.1. The van der Waals surface area contributed by atoms with Crippen molar-refractivity contribution in [3.8, 4) is 11.4 Å². The zero-order valence-electron chi connectivity index (χ0n) is 12.6. The molecule has 2 aromatic carbocycles. The highest BCUT2D eigenvalue weighted by molar-refractivity contribution is 5.92. The molecule has 112 valence electrons. The Labute approximate surface area is 127 Å². The normalized spacial score (nSPS) is 10.9. The Hall–Kier alpha value is -2.89. The Morgan fingerprint density at radius 2 is 1.77 bits per heavy atom. The van der Waals surface area contributed by atoms with Crippen LogP contribution in [0.1, 0.15) is 18.1 Å². The minimum atomic E-state index is -0.242. The molecule has 1 heterocycles. The molecule has 3 rings (SSSR count). The number of hydrogen-bond donors (Lipinski definition) is 2. The lowest BCUT2D eigenvalue weighted by atomic mass is 10.1. The maximum atomic E-state index is 11.4. The molecule has 0 aliphatic rings. The summed E-state index contributed by atoms with van der Waals surface area (Å²) in [6, 6.07) is 9.26. The van der Waals surface area contributed by atoms with Crippen molar-refractivity contribution in [2.75, 3.05) is 5.32 Å². The predicted octanol–water partition coefficient (Wildman–Crippen LogP) is 2.70. The highest BCUT2D eigenvalue weighted by atomic mass is 16.3. The smallest absolute Gasteiger partial charge is 0.221 e. The Bertz CT molecular complexity index is 850. The summed E-state index contributed by atoms with van der Waals surface area (Å²) in [4.78, 5) is 12.7. The van der Waals surface area contributed by atoms with Crippen molar-refractivity contribution in [2.24, 2.45) is 0 Å². The molecule has 0 saturated carbocycles. The van der Waals surface area contributed by atoms with E-state index in [2.05, 4.69) is 15.5 Å². The van der Waals surface area contributed by atoms with Crippen molar-refractivity contribution < 1.29 is 9.90 Å². The first-order valence-electron chi connectivity index (χ1n) is 6.90. The maximum Gasteiger partial charge on any atom is 0.221 e. The van der Waals surface area contributed by atoms with Gasteiger partial charge in [-0.3, -0.25) is 4.79 Å². The first-order chi connectivity index (χ1) is 10.5. The number of carbonyl (C=O) groups excluding carboxylic acids is 1. The largest absolute Gasteiger partial charge is 0.504 e. The van der Waals surface area contributed by atoms with Gasteiger partial charge >= 0.3 is 0 Å². The molecule has 0 bridgehead atoms. The van der Waals surface area contributed by atoms with Crippen LogP contribution in [0.2, 0.25) is 0 Å². The number of anilines is 1. The van der Waals surface area contributed by atoms with Gasteiger partial charge in [-0.1, -0.05) is 12.1 Å².